The number of benzene rings is 1. The van der Waals surface area contributed by atoms with Crippen LogP contribution >= 0.6 is 0 Å². The monoisotopic (exact) mass is 382 g/mol. The van der Waals surface area contributed by atoms with Gasteiger partial charge in [0, 0.05) is 17.5 Å². The molecule has 0 fully saturated rings. The van der Waals surface area contributed by atoms with E-state index >= 15 is 0 Å². The number of carbonyl (C=O) groups excluding carboxylic acids is 1. The zero-order valence-corrected chi connectivity index (χ0v) is 16.0. The van der Waals surface area contributed by atoms with Crippen LogP contribution in [0.5, 0.6) is 11.6 Å². The Morgan fingerprint density at radius 2 is 1.93 bits per heavy atom. The standard InChI is InChI=1S/C20H22N4O4/c1-13(2)18(26)19-22-20(14-4-7-16(8-5-14)28-11-10-25)24(23-19)15-6-9-17(27-3)21-12-15/h4-9,12-13,25H,10-11H2,1-3H3. The van der Waals surface area contributed by atoms with Crippen molar-refractivity contribution in [3.8, 4) is 28.7 Å². The van der Waals surface area contributed by atoms with Crippen LogP contribution in [0.1, 0.15) is 24.5 Å². The van der Waals surface area contributed by atoms with Crippen LogP contribution in [0.25, 0.3) is 17.1 Å². The van der Waals surface area contributed by atoms with E-state index in [2.05, 4.69) is 15.1 Å². The topological polar surface area (TPSA) is 99.4 Å². The third-order valence-corrected chi connectivity index (χ3v) is 4.00. The van der Waals surface area contributed by atoms with Crippen molar-refractivity contribution >= 4 is 5.78 Å². The van der Waals surface area contributed by atoms with E-state index in [1.54, 1.807) is 42.3 Å². The van der Waals surface area contributed by atoms with Crippen LogP contribution in [0, 0.1) is 5.92 Å². The molecule has 3 aromatic rings. The van der Waals surface area contributed by atoms with Crippen molar-refractivity contribution in [2.75, 3.05) is 20.3 Å². The van der Waals surface area contributed by atoms with Crippen LogP contribution in [0.15, 0.2) is 42.6 Å². The van der Waals surface area contributed by atoms with E-state index in [1.807, 2.05) is 26.0 Å². The first kappa shape index (κ1) is 19.5. The maximum absolute atomic E-state index is 12.4. The van der Waals surface area contributed by atoms with Crippen LogP contribution < -0.4 is 9.47 Å². The number of methoxy groups -OCH3 is 1. The first-order valence-electron chi connectivity index (χ1n) is 8.89. The molecule has 2 heterocycles. The molecule has 0 aliphatic heterocycles. The maximum atomic E-state index is 12.4. The second-order valence-electron chi connectivity index (χ2n) is 6.34. The number of carbonyl (C=O) groups is 1. The Balaban J connectivity index is 2.03. The van der Waals surface area contributed by atoms with E-state index < -0.39 is 0 Å². The fourth-order valence-corrected chi connectivity index (χ4v) is 2.52. The zero-order chi connectivity index (χ0) is 20.1. The second-order valence-corrected chi connectivity index (χ2v) is 6.34. The average molecular weight is 382 g/mol. The SMILES string of the molecule is COc1ccc(-n2nc(C(=O)C(C)C)nc2-c2ccc(OCCO)cc2)cn1. The highest BCUT2D eigenvalue weighted by molar-refractivity contribution is 5.94. The summed E-state index contributed by atoms with van der Waals surface area (Å²) in [6.07, 6.45) is 1.61. The Kier molecular flexibility index (Phi) is 6.00. The van der Waals surface area contributed by atoms with E-state index in [0.717, 1.165) is 5.56 Å². The molecule has 0 atom stereocenters. The molecule has 28 heavy (non-hydrogen) atoms. The number of rotatable bonds is 8. The van der Waals surface area contributed by atoms with E-state index in [4.69, 9.17) is 14.6 Å². The maximum Gasteiger partial charge on any atom is 0.218 e. The van der Waals surface area contributed by atoms with Gasteiger partial charge in [0.2, 0.25) is 17.5 Å². The van der Waals surface area contributed by atoms with Crippen molar-refractivity contribution in [2.45, 2.75) is 13.8 Å². The fourth-order valence-electron chi connectivity index (χ4n) is 2.52. The summed E-state index contributed by atoms with van der Waals surface area (Å²) in [4.78, 5) is 21.1. The van der Waals surface area contributed by atoms with Gasteiger partial charge in [-0.3, -0.25) is 4.79 Å². The van der Waals surface area contributed by atoms with Gasteiger partial charge in [0.05, 0.1) is 25.6 Å². The number of hydrogen-bond acceptors (Lipinski definition) is 7. The number of aromatic nitrogens is 4. The molecule has 0 amide bonds. The van der Waals surface area contributed by atoms with Crippen molar-refractivity contribution in [3.63, 3.8) is 0 Å². The Bertz CT molecular complexity index is 934. The lowest BCUT2D eigenvalue weighted by molar-refractivity contribution is 0.0929. The summed E-state index contributed by atoms with van der Waals surface area (Å²) in [5.41, 5.74) is 1.43. The summed E-state index contributed by atoms with van der Waals surface area (Å²) >= 11 is 0. The first-order valence-corrected chi connectivity index (χ1v) is 8.89. The molecule has 0 aliphatic rings. The summed E-state index contributed by atoms with van der Waals surface area (Å²) in [7, 11) is 1.54. The predicted molar refractivity (Wildman–Crippen MR) is 103 cm³/mol. The van der Waals surface area contributed by atoms with Crippen molar-refractivity contribution in [1.82, 2.24) is 19.7 Å². The number of hydrogen-bond donors (Lipinski definition) is 1. The molecular formula is C20H22N4O4. The number of aliphatic hydroxyl groups excluding tert-OH is 1. The summed E-state index contributed by atoms with van der Waals surface area (Å²) in [6.45, 7) is 3.79. The fraction of sp³-hybridized carbons (Fsp3) is 0.300. The second kappa shape index (κ2) is 8.62. The largest absolute Gasteiger partial charge is 0.491 e. The number of nitrogens with zero attached hydrogens (tertiary/aromatic N) is 4. The van der Waals surface area contributed by atoms with E-state index in [9.17, 15) is 4.79 Å². The van der Waals surface area contributed by atoms with E-state index in [0.29, 0.717) is 23.1 Å². The van der Waals surface area contributed by atoms with Gasteiger partial charge in [0.1, 0.15) is 12.4 Å². The predicted octanol–water partition coefficient (Wildman–Crippen LogP) is 2.55. The molecule has 1 N–H and O–H groups in total. The molecule has 0 spiro atoms. The van der Waals surface area contributed by atoms with E-state index in [1.165, 1.54) is 0 Å². The Morgan fingerprint density at radius 1 is 1.18 bits per heavy atom. The van der Waals surface area contributed by atoms with Gasteiger partial charge >= 0.3 is 0 Å². The molecule has 0 aliphatic carbocycles. The van der Waals surface area contributed by atoms with Gasteiger partial charge in [-0.2, -0.15) is 0 Å². The lowest BCUT2D eigenvalue weighted by Crippen LogP contribution is -2.10. The van der Waals surface area contributed by atoms with Crippen LogP contribution in [0.3, 0.4) is 0 Å². The number of Topliss-reactive ketones (excluding diaryl/α,β-unsaturated/α-hetero) is 1. The Hall–Kier alpha value is -3.26. The highest BCUT2D eigenvalue weighted by Gasteiger charge is 2.21. The van der Waals surface area contributed by atoms with Crippen molar-refractivity contribution in [1.29, 1.82) is 0 Å². The van der Waals surface area contributed by atoms with Crippen LogP contribution in [0.4, 0.5) is 0 Å². The minimum Gasteiger partial charge on any atom is -0.491 e. The molecule has 8 heteroatoms. The van der Waals surface area contributed by atoms with Crippen molar-refractivity contribution < 1.29 is 19.4 Å². The smallest absolute Gasteiger partial charge is 0.218 e. The van der Waals surface area contributed by atoms with Gasteiger partial charge in [-0.15, -0.1) is 5.10 Å². The average Bonchev–Trinajstić information content (AvgIpc) is 3.17. The summed E-state index contributed by atoms with van der Waals surface area (Å²) in [6, 6.07) is 10.7. The lowest BCUT2D eigenvalue weighted by atomic mass is 10.1. The highest BCUT2D eigenvalue weighted by atomic mass is 16.5. The van der Waals surface area contributed by atoms with Gasteiger partial charge < -0.3 is 14.6 Å². The summed E-state index contributed by atoms with van der Waals surface area (Å²) in [5, 5.41) is 13.3. The third kappa shape index (κ3) is 4.17. The number of ether oxygens (including phenoxy) is 2. The Labute approximate surface area is 162 Å². The molecule has 0 saturated carbocycles. The zero-order valence-electron chi connectivity index (χ0n) is 16.0. The molecule has 3 rings (SSSR count). The van der Waals surface area contributed by atoms with Crippen LogP contribution in [-0.2, 0) is 0 Å². The molecule has 8 nitrogen and oxygen atoms in total. The molecule has 0 saturated heterocycles. The van der Waals surface area contributed by atoms with Gasteiger partial charge in [-0.1, -0.05) is 13.8 Å². The van der Waals surface area contributed by atoms with E-state index in [-0.39, 0.29) is 30.7 Å². The summed E-state index contributed by atoms with van der Waals surface area (Å²) in [5.74, 6) is 1.44. The van der Waals surface area contributed by atoms with Gasteiger partial charge in [0.15, 0.2) is 5.82 Å². The lowest BCUT2D eigenvalue weighted by Gasteiger charge is -2.08. The summed E-state index contributed by atoms with van der Waals surface area (Å²) < 4.78 is 12.1. The number of pyridine rings is 1. The number of ketones is 1. The molecule has 2 aromatic heterocycles. The third-order valence-electron chi connectivity index (χ3n) is 4.00. The van der Waals surface area contributed by atoms with Crippen LogP contribution in [0.2, 0.25) is 0 Å². The molecular weight excluding hydrogens is 360 g/mol. The Morgan fingerprint density at radius 3 is 2.50 bits per heavy atom. The van der Waals surface area contributed by atoms with Gasteiger partial charge in [0.25, 0.3) is 0 Å². The van der Waals surface area contributed by atoms with Crippen molar-refractivity contribution in [3.05, 3.63) is 48.4 Å². The number of aliphatic hydroxyl groups is 1. The minimum atomic E-state index is -0.216. The normalized spacial score (nSPS) is 10.9. The highest BCUT2D eigenvalue weighted by Crippen LogP contribution is 2.25. The van der Waals surface area contributed by atoms with Crippen LogP contribution in [-0.4, -0.2) is 51.0 Å². The molecule has 146 valence electrons. The minimum absolute atomic E-state index is 0.0543. The molecule has 0 radical (unpaired) electrons. The molecule has 0 unspecified atom stereocenters. The van der Waals surface area contributed by atoms with Gasteiger partial charge in [-0.25, -0.2) is 14.6 Å². The molecule has 0 bridgehead atoms. The molecule has 1 aromatic carbocycles. The quantitative estimate of drug-likeness (QED) is 0.598. The van der Waals surface area contributed by atoms with Gasteiger partial charge in [-0.05, 0) is 30.3 Å². The van der Waals surface area contributed by atoms with Crippen molar-refractivity contribution in [2.24, 2.45) is 5.92 Å². The first-order chi connectivity index (χ1) is 13.5.